The Bertz CT molecular complexity index is 1270. The predicted molar refractivity (Wildman–Crippen MR) is 264 cm³/mol. The van der Waals surface area contributed by atoms with E-state index < -0.39 is 18.0 Å². The molecule has 1 aliphatic carbocycles. The van der Waals surface area contributed by atoms with Crippen molar-refractivity contribution in [1.82, 2.24) is 4.90 Å². The van der Waals surface area contributed by atoms with Crippen LogP contribution >= 0.6 is 0 Å². The third kappa shape index (κ3) is 38.1. The molecule has 1 unspecified atom stereocenters. The van der Waals surface area contributed by atoms with Crippen molar-refractivity contribution in [3.63, 3.8) is 0 Å². The van der Waals surface area contributed by atoms with Gasteiger partial charge >= 0.3 is 30.0 Å². The van der Waals surface area contributed by atoms with Crippen LogP contribution in [0, 0.1) is 11.8 Å². The van der Waals surface area contributed by atoms with Gasteiger partial charge in [0.15, 0.2) is 0 Å². The van der Waals surface area contributed by atoms with Gasteiger partial charge in [0.1, 0.15) is 26.4 Å². The SMILES string of the molecule is CCCCC/C=C\C/C=C\CCCCCCCC(=O)OCC(COC(=O)CCCC(COC(=O)CCCCCCC)COC(=O)CCCCCCC)COC(=O)OCCN(CCO)C1CCC1. The lowest BCUT2D eigenvalue weighted by Gasteiger charge is -2.36. The van der Waals surface area contributed by atoms with Gasteiger partial charge in [-0.2, -0.15) is 0 Å². The molecule has 0 heterocycles. The highest BCUT2D eigenvalue weighted by atomic mass is 16.7. The molecule has 1 atom stereocenters. The van der Waals surface area contributed by atoms with Crippen LogP contribution < -0.4 is 0 Å². The number of hydrogen-bond donors (Lipinski definition) is 1. The van der Waals surface area contributed by atoms with Gasteiger partial charge in [-0.1, -0.05) is 135 Å². The number of carbonyl (C=O) groups excluding carboxylic acids is 5. The lowest BCUT2D eigenvalue weighted by molar-refractivity contribution is -0.152. The molecule has 1 fully saturated rings. The molecule has 1 rings (SSSR count). The fourth-order valence-corrected chi connectivity index (χ4v) is 7.68. The topological polar surface area (TPSA) is 164 Å². The summed E-state index contributed by atoms with van der Waals surface area (Å²) in [7, 11) is 0. The van der Waals surface area contributed by atoms with Gasteiger partial charge in [-0.15, -0.1) is 0 Å². The number of hydrogen-bond acceptors (Lipinski definition) is 13. The van der Waals surface area contributed by atoms with Crippen molar-refractivity contribution in [2.75, 3.05) is 59.3 Å². The van der Waals surface area contributed by atoms with Crippen LogP contribution in [-0.4, -0.2) is 105 Å². The first-order chi connectivity index (χ1) is 32.7. The van der Waals surface area contributed by atoms with Crippen molar-refractivity contribution >= 4 is 30.0 Å². The second-order valence-corrected chi connectivity index (χ2v) is 18.4. The standard InChI is InChI=1S/C54H95NO12/c1-4-7-10-13-14-15-16-17-18-19-20-21-22-25-28-36-52(59)65-44-48(46-67-54(61)62-41-39-55(38-40-56)49-32-30-33-49)45-66-53(60)37-29-31-47(42-63-50(57)34-26-23-11-8-5-2)43-64-51(58)35-27-24-12-9-6-3/h14-15,17-18,47-49,56H,4-13,16,19-46H2,1-3H3/b15-14-,18-17-. The highest BCUT2D eigenvalue weighted by molar-refractivity contribution is 5.70. The van der Waals surface area contributed by atoms with E-state index in [1.54, 1.807) is 0 Å². The Morgan fingerprint density at radius 1 is 0.493 bits per heavy atom. The molecule has 0 radical (unpaired) electrons. The molecule has 0 amide bonds. The van der Waals surface area contributed by atoms with E-state index in [1.807, 2.05) is 0 Å². The maximum atomic E-state index is 13.0. The first-order valence-corrected chi connectivity index (χ1v) is 26.8. The minimum Gasteiger partial charge on any atom is -0.465 e. The van der Waals surface area contributed by atoms with E-state index in [4.69, 9.17) is 28.4 Å². The molecule has 388 valence electrons. The van der Waals surface area contributed by atoms with Gasteiger partial charge in [-0.25, -0.2) is 4.79 Å². The number of ether oxygens (including phenoxy) is 6. The van der Waals surface area contributed by atoms with Gasteiger partial charge in [0.05, 0.1) is 25.7 Å². The third-order valence-corrected chi connectivity index (χ3v) is 12.2. The van der Waals surface area contributed by atoms with E-state index >= 15 is 0 Å². The fourth-order valence-electron chi connectivity index (χ4n) is 7.68. The Morgan fingerprint density at radius 3 is 1.39 bits per heavy atom. The van der Waals surface area contributed by atoms with Crippen molar-refractivity contribution in [2.45, 2.75) is 219 Å². The summed E-state index contributed by atoms with van der Waals surface area (Å²) in [5.74, 6) is -2.26. The average molecular weight is 950 g/mol. The molecule has 0 bridgehead atoms. The molecule has 13 nitrogen and oxygen atoms in total. The number of nitrogens with zero attached hydrogens (tertiary/aromatic N) is 1. The van der Waals surface area contributed by atoms with Crippen LogP contribution in [0.1, 0.15) is 213 Å². The van der Waals surface area contributed by atoms with Crippen LogP contribution in [0.25, 0.3) is 0 Å². The summed E-state index contributed by atoms with van der Waals surface area (Å²) in [5.41, 5.74) is 0. The van der Waals surface area contributed by atoms with Crippen LogP contribution in [0.4, 0.5) is 4.79 Å². The first kappa shape index (κ1) is 61.6. The zero-order chi connectivity index (χ0) is 48.8. The molecule has 0 saturated heterocycles. The second-order valence-electron chi connectivity index (χ2n) is 18.4. The number of aliphatic hydroxyl groups excluding tert-OH is 1. The molecule has 0 aromatic carbocycles. The molecule has 0 spiro atoms. The van der Waals surface area contributed by atoms with Crippen molar-refractivity contribution in [3.05, 3.63) is 24.3 Å². The summed E-state index contributed by atoms with van der Waals surface area (Å²) >= 11 is 0. The van der Waals surface area contributed by atoms with Gasteiger partial charge in [-0.3, -0.25) is 24.1 Å². The molecule has 13 heteroatoms. The zero-order valence-corrected chi connectivity index (χ0v) is 42.5. The number of aliphatic hydroxyl groups is 1. The van der Waals surface area contributed by atoms with Gasteiger partial charge in [0.25, 0.3) is 0 Å². The molecule has 1 aliphatic rings. The molecule has 1 N–H and O–H groups in total. The number of unbranched alkanes of at least 4 members (excludes halogenated alkanes) is 16. The second kappa shape index (κ2) is 45.0. The monoisotopic (exact) mass is 950 g/mol. The number of esters is 4. The number of carbonyl (C=O) groups is 5. The Balaban J connectivity index is 2.63. The summed E-state index contributed by atoms with van der Waals surface area (Å²) in [4.78, 5) is 65.3. The molecule has 0 aliphatic heterocycles. The van der Waals surface area contributed by atoms with Crippen molar-refractivity contribution in [1.29, 1.82) is 0 Å². The Morgan fingerprint density at radius 2 is 0.910 bits per heavy atom. The lowest BCUT2D eigenvalue weighted by atomic mass is 9.91. The Kier molecular flexibility index (Phi) is 41.4. The molecule has 0 aromatic rings. The Labute approximate surface area is 406 Å². The molecular formula is C54H95NO12. The summed E-state index contributed by atoms with van der Waals surface area (Å²) in [6.45, 7) is 7.43. The summed E-state index contributed by atoms with van der Waals surface area (Å²) in [5, 5.41) is 9.44. The van der Waals surface area contributed by atoms with Gasteiger partial charge < -0.3 is 33.5 Å². The summed E-state index contributed by atoms with van der Waals surface area (Å²) in [6.07, 6.45) is 35.5. The fraction of sp³-hybridized carbons (Fsp3) is 0.833. The van der Waals surface area contributed by atoms with Gasteiger partial charge in [0, 0.05) is 50.7 Å². The highest BCUT2D eigenvalue weighted by Crippen LogP contribution is 2.24. The van der Waals surface area contributed by atoms with Crippen LogP contribution in [0.5, 0.6) is 0 Å². The normalized spacial score (nSPS) is 13.3. The molecular weight excluding hydrogens is 855 g/mol. The van der Waals surface area contributed by atoms with Gasteiger partial charge in [-0.05, 0) is 77.0 Å². The molecule has 0 aromatic heterocycles. The van der Waals surface area contributed by atoms with E-state index in [0.29, 0.717) is 51.2 Å². The average Bonchev–Trinajstić information content (AvgIpc) is 3.30. The maximum Gasteiger partial charge on any atom is 0.508 e. The largest absolute Gasteiger partial charge is 0.508 e. The minimum atomic E-state index is -0.870. The minimum absolute atomic E-state index is 0.0275. The van der Waals surface area contributed by atoms with E-state index in [-0.39, 0.29) is 82.9 Å². The quantitative estimate of drug-likeness (QED) is 0.0265. The molecule has 1 saturated carbocycles. The Hall–Kier alpha value is -3.45. The van der Waals surface area contributed by atoms with Crippen LogP contribution in [0.15, 0.2) is 24.3 Å². The van der Waals surface area contributed by atoms with Crippen LogP contribution in [-0.2, 0) is 47.6 Å². The van der Waals surface area contributed by atoms with Crippen LogP contribution in [0.3, 0.4) is 0 Å². The first-order valence-electron chi connectivity index (χ1n) is 26.8. The summed E-state index contributed by atoms with van der Waals surface area (Å²) < 4.78 is 33.0. The van der Waals surface area contributed by atoms with E-state index in [0.717, 1.165) is 128 Å². The van der Waals surface area contributed by atoms with E-state index in [9.17, 15) is 29.1 Å². The summed E-state index contributed by atoms with van der Waals surface area (Å²) in [6, 6.07) is 0.385. The maximum absolute atomic E-state index is 13.0. The third-order valence-electron chi connectivity index (χ3n) is 12.2. The lowest BCUT2D eigenvalue weighted by Crippen LogP contribution is -2.43. The predicted octanol–water partition coefficient (Wildman–Crippen LogP) is 12.1. The number of allylic oxidation sites excluding steroid dienone is 4. The van der Waals surface area contributed by atoms with Gasteiger partial charge in [0.2, 0.25) is 0 Å². The van der Waals surface area contributed by atoms with Crippen molar-refractivity contribution in [3.8, 4) is 0 Å². The zero-order valence-electron chi connectivity index (χ0n) is 42.5. The van der Waals surface area contributed by atoms with E-state index in [1.165, 1.54) is 19.3 Å². The van der Waals surface area contributed by atoms with E-state index in [2.05, 4.69) is 50.0 Å². The number of rotatable bonds is 46. The van der Waals surface area contributed by atoms with Crippen molar-refractivity contribution in [2.24, 2.45) is 11.8 Å². The smallest absolute Gasteiger partial charge is 0.465 e. The highest BCUT2D eigenvalue weighted by Gasteiger charge is 2.25. The van der Waals surface area contributed by atoms with Crippen LogP contribution in [0.2, 0.25) is 0 Å². The van der Waals surface area contributed by atoms with Crippen molar-refractivity contribution < 1.29 is 57.5 Å². The molecule has 67 heavy (non-hydrogen) atoms.